The lowest BCUT2D eigenvalue weighted by molar-refractivity contribution is -0.142. The van der Waals surface area contributed by atoms with E-state index in [-0.39, 0.29) is 5.75 Å². The van der Waals surface area contributed by atoms with Gasteiger partial charge in [0.05, 0.1) is 11.4 Å². The molecule has 0 aromatic heterocycles. The molecule has 0 aliphatic heterocycles. The van der Waals surface area contributed by atoms with Crippen LogP contribution in [0, 0.1) is 6.92 Å². The van der Waals surface area contributed by atoms with Gasteiger partial charge in [0.1, 0.15) is 0 Å². The number of rotatable bonds is 8. The second-order valence-electron chi connectivity index (χ2n) is 5.75. The third-order valence-corrected chi connectivity index (χ3v) is 4.99. The predicted molar refractivity (Wildman–Crippen MR) is 111 cm³/mol. The highest BCUT2D eigenvalue weighted by Crippen LogP contribution is 2.26. The fourth-order valence-electron chi connectivity index (χ4n) is 2.09. The van der Waals surface area contributed by atoms with Crippen LogP contribution in [0.5, 0.6) is 0 Å². The van der Waals surface area contributed by atoms with Crippen LogP contribution in [0.1, 0.15) is 11.1 Å². The highest BCUT2D eigenvalue weighted by atomic mass is 35.5. The average Bonchev–Trinajstić information content (AvgIpc) is 2.66. The molecule has 2 amide bonds. The van der Waals surface area contributed by atoms with Crippen molar-refractivity contribution in [2.45, 2.75) is 11.8 Å². The number of nitrogens with one attached hydrogen (secondary N) is 1. The Bertz CT molecular complexity index is 915. The molecule has 0 fully saturated rings. The van der Waals surface area contributed by atoms with E-state index in [1.54, 1.807) is 36.4 Å². The van der Waals surface area contributed by atoms with Crippen molar-refractivity contribution in [3.8, 4) is 0 Å². The summed E-state index contributed by atoms with van der Waals surface area (Å²) in [6.07, 6.45) is 2.78. The van der Waals surface area contributed by atoms with Gasteiger partial charge in [0.2, 0.25) is 5.91 Å². The summed E-state index contributed by atoms with van der Waals surface area (Å²) in [6, 6.07) is 12.3. The second kappa shape index (κ2) is 10.5. The Balaban J connectivity index is 1.86. The smallest absolute Gasteiger partial charge is 0.331 e. The number of carbonyl (C=O) groups excluding carboxylic acids is 3. The number of hydrogen-bond donors (Lipinski definition) is 2. The van der Waals surface area contributed by atoms with Gasteiger partial charge in [-0.3, -0.25) is 9.59 Å². The molecule has 0 aliphatic rings. The van der Waals surface area contributed by atoms with Crippen molar-refractivity contribution in [3.63, 3.8) is 0 Å². The summed E-state index contributed by atoms with van der Waals surface area (Å²) in [7, 11) is 0. The molecule has 0 aliphatic carbocycles. The highest BCUT2D eigenvalue weighted by Gasteiger charge is 2.10. The molecule has 6 nitrogen and oxygen atoms in total. The van der Waals surface area contributed by atoms with Crippen LogP contribution in [0.15, 0.2) is 53.4 Å². The lowest BCUT2D eigenvalue weighted by atomic mass is 10.1. The Morgan fingerprint density at radius 2 is 1.96 bits per heavy atom. The standard InChI is InChI=1S/C20H19ClN2O4S/c1-13-6-7-14(10-15(13)21)8-9-20(26)27-11-19(25)23-16-4-2-3-5-17(16)28-12-18(22)24/h2-10H,11-12H2,1H3,(H2,22,24)(H,23,25)/b9-8+. The molecule has 0 spiro atoms. The largest absolute Gasteiger partial charge is 0.452 e. The number of esters is 1. The molecule has 0 heterocycles. The second-order valence-corrected chi connectivity index (χ2v) is 7.17. The van der Waals surface area contributed by atoms with E-state index in [2.05, 4.69) is 5.32 Å². The zero-order chi connectivity index (χ0) is 20.5. The van der Waals surface area contributed by atoms with Crippen LogP contribution in [0.4, 0.5) is 5.69 Å². The maximum Gasteiger partial charge on any atom is 0.331 e. The van der Waals surface area contributed by atoms with Crippen molar-refractivity contribution < 1.29 is 19.1 Å². The van der Waals surface area contributed by atoms with Gasteiger partial charge in [-0.1, -0.05) is 35.9 Å². The van der Waals surface area contributed by atoms with Gasteiger partial charge < -0.3 is 15.8 Å². The summed E-state index contributed by atoms with van der Waals surface area (Å²) >= 11 is 7.24. The molecule has 8 heteroatoms. The topological polar surface area (TPSA) is 98.5 Å². The molecule has 0 saturated carbocycles. The summed E-state index contributed by atoms with van der Waals surface area (Å²) in [5.41, 5.74) is 7.34. The first kappa shape index (κ1) is 21.5. The van der Waals surface area contributed by atoms with E-state index >= 15 is 0 Å². The highest BCUT2D eigenvalue weighted by molar-refractivity contribution is 8.00. The van der Waals surface area contributed by atoms with Gasteiger partial charge >= 0.3 is 5.97 Å². The maximum absolute atomic E-state index is 12.0. The number of benzene rings is 2. The molecule has 0 bridgehead atoms. The zero-order valence-corrected chi connectivity index (χ0v) is 16.7. The molecule has 0 unspecified atom stereocenters. The maximum atomic E-state index is 12.0. The number of amides is 2. The fourth-order valence-corrected chi connectivity index (χ4v) is 3.03. The summed E-state index contributed by atoms with van der Waals surface area (Å²) in [5.74, 6) is -1.51. The number of primary amides is 1. The van der Waals surface area contributed by atoms with E-state index in [4.69, 9.17) is 22.1 Å². The number of thioether (sulfide) groups is 1. The van der Waals surface area contributed by atoms with Crippen molar-refractivity contribution in [1.82, 2.24) is 0 Å². The van der Waals surface area contributed by atoms with Crippen molar-refractivity contribution in [2.24, 2.45) is 5.73 Å². The molecule has 3 N–H and O–H groups in total. The monoisotopic (exact) mass is 418 g/mol. The number of anilines is 1. The number of nitrogens with two attached hydrogens (primary N) is 1. The van der Waals surface area contributed by atoms with Crippen molar-refractivity contribution in [3.05, 3.63) is 64.7 Å². The minimum atomic E-state index is -0.650. The van der Waals surface area contributed by atoms with E-state index < -0.39 is 24.4 Å². The summed E-state index contributed by atoms with van der Waals surface area (Å²) in [4.78, 5) is 35.4. The zero-order valence-electron chi connectivity index (χ0n) is 15.1. The van der Waals surface area contributed by atoms with Crippen molar-refractivity contribution in [2.75, 3.05) is 17.7 Å². The predicted octanol–water partition coefficient (Wildman–Crippen LogP) is 3.42. The third kappa shape index (κ3) is 7.09. The van der Waals surface area contributed by atoms with Crippen LogP contribution in [0.3, 0.4) is 0 Å². The lowest BCUT2D eigenvalue weighted by Gasteiger charge is -2.10. The first-order chi connectivity index (χ1) is 13.3. The third-order valence-electron chi connectivity index (χ3n) is 3.48. The molecule has 0 saturated heterocycles. The molecule has 28 heavy (non-hydrogen) atoms. The Morgan fingerprint density at radius 3 is 2.68 bits per heavy atom. The molecular formula is C20H19ClN2O4S. The molecule has 2 aromatic carbocycles. The van der Waals surface area contributed by atoms with Gasteiger partial charge in [-0.15, -0.1) is 11.8 Å². The van der Waals surface area contributed by atoms with Gasteiger partial charge in [-0.05, 0) is 42.3 Å². The Morgan fingerprint density at radius 1 is 1.21 bits per heavy atom. The minimum absolute atomic E-state index is 0.0929. The van der Waals surface area contributed by atoms with Crippen molar-refractivity contribution >= 4 is 52.9 Å². The number of ether oxygens (including phenoxy) is 1. The Hall–Kier alpha value is -2.77. The summed E-state index contributed by atoms with van der Waals surface area (Å²) in [5, 5.41) is 3.25. The molecule has 0 radical (unpaired) electrons. The van der Waals surface area contributed by atoms with E-state index in [1.165, 1.54) is 17.8 Å². The molecule has 0 atom stereocenters. The number of hydrogen-bond acceptors (Lipinski definition) is 5. The van der Waals surface area contributed by atoms with Crippen LogP contribution in [-0.4, -0.2) is 30.1 Å². The molecule has 2 aromatic rings. The minimum Gasteiger partial charge on any atom is -0.452 e. The summed E-state index contributed by atoms with van der Waals surface area (Å²) < 4.78 is 4.94. The quantitative estimate of drug-likeness (QED) is 0.389. The van der Waals surface area contributed by atoms with E-state index in [1.807, 2.05) is 19.1 Å². The summed E-state index contributed by atoms with van der Waals surface area (Å²) in [6.45, 7) is 1.44. The molecular weight excluding hydrogens is 400 g/mol. The molecule has 2 rings (SSSR count). The SMILES string of the molecule is Cc1ccc(/C=C/C(=O)OCC(=O)Nc2ccccc2SCC(N)=O)cc1Cl. The number of halogens is 1. The fraction of sp³-hybridized carbons (Fsp3) is 0.150. The van der Waals surface area contributed by atoms with Gasteiger partial charge in [0.25, 0.3) is 5.91 Å². The first-order valence-electron chi connectivity index (χ1n) is 8.26. The van der Waals surface area contributed by atoms with Crippen LogP contribution >= 0.6 is 23.4 Å². The van der Waals surface area contributed by atoms with Gasteiger partial charge in [0, 0.05) is 16.0 Å². The lowest BCUT2D eigenvalue weighted by Crippen LogP contribution is -2.20. The van der Waals surface area contributed by atoms with Crippen LogP contribution in [0.25, 0.3) is 6.08 Å². The van der Waals surface area contributed by atoms with Gasteiger partial charge in [-0.2, -0.15) is 0 Å². The normalized spacial score (nSPS) is 10.6. The number of carbonyl (C=O) groups is 3. The Labute approximate surface area is 172 Å². The van der Waals surface area contributed by atoms with Crippen LogP contribution < -0.4 is 11.1 Å². The van der Waals surface area contributed by atoms with Gasteiger partial charge in [-0.25, -0.2) is 4.79 Å². The van der Waals surface area contributed by atoms with Gasteiger partial charge in [0.15, 0.2) is 6.61 Å². The molecule has 146 valence electrons. The van der Waals surface area contributed by atoms with E-state index in [9.17, 15) is 14.4 Å². The average molecular weight is 419 g/mol. The number of para-hydroxylation sites is 1. The first-order valence-corrected chi connectivity index (χ1v) is 9.62. The Kier molecular flexibility index (Phi) is 8.10. The van der Waals surface area contributed by atoms with E-state index in [0.717, 1.165) is 11.1 Å². The number of aryl methyl sites for hydroxylation is 1. The van der Waals surface area contributed by atoms with Crippen molar-refractivity contribution in [1.29, 1.82) is 0 Å². The van der Waals surface area contributed by atoms with Crippen LogP contribution in [0.2, 0.25) is 5.02 Å². The van der Waals surface area contributed by atoms with E-state index in [0.29, 0.717) is 15.6 Å². The van der Waals surface area contributed by atoms with Crippen LogP contribution in [-0.2, 0) is 19.1 Å².